The van der Waals surface area contributed by atoms with Gasteiger partial charge < -0.3 is 0 Å². The normalized spacial score (nSPS) is 16.6. The molecule has 7 nitrogen and oxygen atoms in total. The van der Waals surface area contributed by atoms with Gasteiger partial charge in [-0.3, -0.25) is 0 Å². The predicted octanol–water partition coefficient (Wildman–Crippen LogP) is 3.35. The van der Waals surface area contributed by atoms with Crippen LogP contribution in [-0.4, -0.2) is 38.6 Å². The third-order valence-corrected chi connectivity index (χ3v) is 3.93. The molecule has 0 atom stereocenters. The van der Waals surface area contributed by atoms with E-state index in [-0.39, 0.29) is 0 Å². The average Bonchev–Trinajstić information content (AvgIpc) is 3.15. The number of H-pyrrole nitrogens is 1. The van der Waals surface area contributed by atoms with Crippen molar-refractivity contribution in [1.82, 2.24) is 25.6 Å². The van der Waals surface area contributed by atoms with E-state index in [1.807, 2.05) is 31.3 Å². The van der Waals surface area contributed by atoms with Crippen LogP contribution >= 0.6 is 0 Å². The molecule has 2 heterocycles. The van der Waals surface area contributed by atoms with E-state index in [1.165, 1.54) is 0 Å². The van der Waals surface area contributed by atoms with Gasteiger partial charge in [0.15, 0.2) is 5.82 Å². The van der Waals surface area contributed by atoms with Crippen molar-refractivity contribution < 1.29 is 0 Å². The fourth-order valence-corrected chi connectivity index (χ4v) is 2.77. The first-order valence-corrected chi connectivity index (χ1v) is 8.16. The van der Waals surface area contributed by atoms with Gasteiger partial charge in [-0.1, -0.05) is 44.2 Å². The maximum atomic E-state index is 4.62. The smallest absolute Gasteiger partial charge is 0.204 e. The Bertz CT molecular complexity index is 830. The molecule has 0 bridgehead atoms. The largest absolute Gasteiger partial charge is 0.236 e. The lowest BCUT2D eigenvalue weighted by molar-refractivity contribution is 0.413. The SMILES string of the molecule is C=NN1C(CC(C)C)=C(c2ccccc2)C=N/C1=C(/C)c1nn[nH]n1. The number of aromatic nitrogens is 4. The van der Waals surface area contributed by atoms with Crippen LogP contribution in [0.4, 0.5) is 0 Å². The highest BCUT2D eigenvalue weighted by Gasteiger charge is 2.25. The average molecular weight is 335 g/mol. The Hall–Kier alpha value is -3.09. The topological polar surface area (TPSA) is 82.4 Å². The molecule has 2 aromatic rings. The van der Waals surface area contributed by atoms with Gasteiger partial charge in [-0.05, 0) is 30.0 Å². The molecule has 7 heteroatoms. The van der Waals surface area contributed by atoms with Gasteiger partial charge in [0.1, 0.15) is 0 Å². The molecule has 1 aliphatic rings. The monoisotopic (exact) mass is 335 g/mol. The molecule has 128 valence electrons. The lowest BCUT2D eigenvalue weighted by atomic mass is 9.97. The minimum Gasteiger partial charge on any atom is -0.236 e. The molecular formula is C18H21N7. The molecule has 0 spiro atoms. The second-order valence-corrected chi connectivity index (χ2v) is 6.22. The zero-order chi connectivity index (χ0) is 17.8. The number of aliphatic imine (C=N–C) groups is 1. The van der Waals surface area contributed by atoms with Crippen LogP contribution < -0.4 is 0 Å². The Morgan fingerprint density at radius 1 is 1.28 bits per heavy atom. The van der Waals surface area contributed by atoms with Gasteiger partial charge in [0.2, 0.25) is 5.82 Å². The van der Waals surface area contributed by atoms with Crippen molar-refractivity contribution >= 4 is 24.1 Å². The zero-order valence-electron chi connectivity index (χ0n) is 14.6. The van der Waals surface area contributed by atoms with E-state index in [1.54, 1.807) is 5.01 Å². The first-order valence-electron chi connectivity index (χ1n) is 8.16. The third kappa shape index (κ3) is 3.40. The quantitative estimate of drug-likeness (QED) is 0.850. The molecule has 3 rings (SSSR count). The number of hydrogen-bond donors (Lipinski definition) is 1. The molecule has 1 aliphatic heterocycles. The van der Waals surface area contributed by atoms with Crippen LogP contribution in [0.2, 0.25) is 0 Å². The van der Waals surface area contributed by atoms with E-state index in [0.29, 0.717) is 17.6 Å². The van der Waals surface area contributed by atoms with Crippen LogP contribution in [-0.2, 0) is 0 Å². The first kappa shape index (κ1) is 16.8. The van der Waals surface area contributed by atoms with Crippen LogP contribution in [0.25, 0.3) is 11.1 Å². The van der Waals surface area contributed by atoms with E-state index in [2.05, 4.69) is 63.4 Å². The minimum atomic E-state index is 0.455. The summed E-state index contributed by atoms with van der Waals surface area (Å²) in [5, 5.41) is 20.2. The summed E-state index contributed by atoms with van der Waals surface area (Å²) >= 11 is 0. The zero-order valence-corrected chi connectivity index (χ0v) is 14.6. The second kappa shape index (κ2) is 7.21. The number of nitrogens with zero attached hydrogens (tertiary/aromatic N) is 6. The van der Waals surface area contributed by atoms with Gasteiger partial charge in [0, 0.05) is 24.1 Å². The maximum absolute atomic E-state index is 4.62. The summed E-state index contributed by atoms with van der Waals surface area (Å²) in [6.45, 7) is 10.0. The highest BCUT2D eigenvalue weighted by atomic mass is 15.5. The first-order chi connectivity index (χ1) is 12.1. The number of aromatic amines is 1. The van der Waals surface area contributed by atoms with Crippen molar-refractivity contribution in [2.75, 3.05) is 0 Å². The summed E-state index contributed by atoms with van der Waals surface area (Å²) in [4.78, 5) is 4.62. The molecule has 0 fully saturated rings. The summed E-state index contributed by atoms with van der Waals surface area (Å²) in [5.74, 6) is 1.61. The van der Waals surface area contributed by atoms with E-state index in [4.69, 9.17) is 0 Å². The Labute approximate surface area is 146 Å². The Balaban J connectivity index is 2.14. The van der Waals surface area contributed by atoms with E-state index in [9.17, 15) is 0 Å². The summed E-state index contributed by atoms with van der Waals surface area (Å²) in [6.07, 6.45) is 2.73. The molecule has 0 saturated heterocycles. The summed E-state index contributed by atoms with van der Waals surface area (Å²) in [6, 6.07) is 10.2. The van der Waals surface area contributed by atoms with Crippen molar-refractivity contribution in [1.29, 1.82) is 0 Å². The Morgan fingerprint density at radius 2 is 2.04 bits per heavy atom. The summed E-state index contributed by atoms with van der Waals surface area (Å²) < 4.78 is 0. The second-order valence-electron chi connectivity index (χ2n) is 6.22. The minimum absolute atomic E-state index is 0.455. The third-order valence-electron chi connectivity index (χ3n) is 3.93. The Morgan fingerprint density at radius 3 is 2.64 bits per heavy atom. The van der Waals surface area contributed by atoms with E-state index in [0.717, 1.165) is 28.8 Å². The fourth-order valence-electron chi connectivity index (χ4n) is 2.77. The molecule has 25 heavy (non-hydrogen) atoms. The number of allylic oxidation sites excluding steroid dienone is 3. The molecule has 0 radical (unpaired) electrons. The molecule has 1 aromatic heterocycles. The van der Waals surface area contributed by atoms with Gasteiger partial charge in [-0.15, -0.1) is 10.2 Å². The number of benzene rings is 1. The lowest BCUT2D eigenvalue weighted by Gasteiger charge is -2.29. The van der Waals surface area contributed by atoms with E-state index >= 15 is 0 Å². The molecule has 0 amide bonds. The molecule has 1 N–H and O–H groups in total. The van der Waals surface area contributed by atoms with Crippen LogP contribution in [0.1, 0.15) is 38.6 Å². The van der Waals surface area contributed by atoms with Crippen LogP contribution in [0, 0.1) is 5.92 Å². The maximum Gasteiger partial charge on any atom is 0.204 e. The number of nitrogens with one attached hydrogen (secondary N) is 1. The fraction of sp³-hybridized carbons (Fsp3) is 0.278. The van der Waals surface area contributed by atoms with Crippen molar-refractivity contribution in [3.63, 3.8) is 0 Å². The van der Waals surface area contributed by atoms with Gasteiger partial charge in [-0.2, -0.15) is 10.3 Å². The van der Waals surface area contributed by atoms with Gasteiger partial charge >= 0.3 is 0 Å². The van der Waals surface area contributed by atoms with Crippen LogP contribution in [0.5, 0.6) is 0 Å². The van der Waals surface area contributed by atoms with Crippen molar-refractivity contribution in [3.05, 3.63) is 53.2 Å². The van der Waals surface area contributed by atoms with Crippen LogP contribution in [0.3, 0.4) is 0 Å². The van der Waals surface area contributed by atoms with E-state index < -0.39 is 0 Å². The molecule has 0 aliphatic carbocycles. The number of tetrazole rings is 1. The highest BCUT2D eigenvalue weighted by molar-refractivity contribution is 6.12. The van der Waals surface area contributed by atoms with Crippen molar-refractivity contribution in [2.45, 2.75) is 27.2 Å². The van der Waals surface area contributed by atoms with Gasteiger partial charge in [0.25, 0.3) is 0 Å². The van der Waals surface area contributed by atoms with Crippen LogP contribution in [0.15, 0.2) is 51.9 Å². The van der Waals surface area contributed by atoms with Crippen molar-refractivity contribution in [3.8, 4) is 0 Å². The standard InChI is InChI=1S/C18H21N7/c1-12(2)10-16-15(14-8-6-5-7-9-14)11-20-18(25(16)19-4)13(3)17-21-23-24-22-17/h5-9,11-12H,4,10H2,1-3H3,(H,21,22,23,24)/b18-13+. The summed E-state index contributed by atoms with van der Waals surface area (Å²) in [5.41, 5.74) is 3.99. The molecule has 0 unspecified atom stereocenters. The Kier molecular flexibility index (Phi) is 4.83. The molecule has 0 saturated carbocycles. The highest BCUT2D eigenvalue weighted by Crippen LogP contribution is 2.34. The summed E-state index contributed by atoms with van der Waals surface area (Å²) in [7, 11) is 0. The number of rotatable bonds is 5. The van der Waals surface area contributed by atoms with Gasteiger partial charge in [0.05, 0.1) is 5.70 Å². The number of hydrazone groups is 1. The molecule has 1 aromatic carbocycles. The number of hydrogen-bond acceptors (Lipinski definition) is 6. The lowest BCUT2D eigenvalue weighted by Crippen LogP contribution is -2.23. The predicted molar refractivity (Wildman–Crippen MR) is 99.5 cm³/mol. The van der Waals surface area contributed by atoms with Gasteiger partial charge in [-0.25, -0.2) is 10.0 Å². The molecular weight excluding hydrogens is 314 g/mol. The van der Waals surface area contributed by atoms with Crippen molar-refractivity contribution in [2.24, 2.45) is 16.0 Å².